The van der Waals surface area contributed by atoms with E-state index in [1.807, 2.05) is 6.07 Å². The van der Waals surface area contributed by atoms with E-state index in [2.05, 4.69) is 4.98 Å². The molecular formula is C20H22N4O6. The van der Waals surface area contributed by atoms with E-state index in [1.54, 1.807) is 28.2 Å². The first kappa shape index (κ1) is 19.9. The summed E-state index contributed by atoms with van der Waals surface area (Å²) in [6, 6.07) is 5.41. The lowest BCUT2D eigenvalue weighted by Gasteiger charge is -2.41. The monoisotopic (exact) mass is 414 g/mol. The van der Waals surface area contributed by atoms with Crippen molar-refractivity contribution >= 4 is 11.9 Å². The van der Waals surface area contributed by atoms with Crippen LogP contribution in [0.4, 0.5) is 0 Å². The van der Waals surface area contributed by atoms with E-state index in [9.17, 15) is 24.6 Å². The Morgan fingerprint density at radius 1 is 1.23 bits per heavy atom. The number of aromatic nitrogens is 2. The lowest BCUT2D eigenvalue weighted by atomic mass is 9.99. The molecule has 10 heteroatoms. The topological polar surface area (TPSA) is 125 Å². The first-order valence-corrected chi connectivity index (χ1v) is 9.69. The molecule has 2 aliphatic heterocycles. The van der Waals surface area contributed by atoms with Gasteiger partial charge < -0.3 is 19.8 Å². The van der Waals surface area contributed by atoms with Gasteiger partial charge >= 0.3 is 5.97 Å². The fourth-order valence-corrected chi connectivity index (χ4v) is 3.83. The standard InChI is InChI=1S/C20H22N4O6/c25-17-15(20(28)29)11-24-16(18(17)26)19(27)22(9-13-4-7-30-8-5-13)12-23(24)10-14-3-1-2-6-21-14/h1-3,6,11,13,26H,4-5,7-10,12H2,(H,28,29). The lowest BCUT2D eigenvalue weighted by molar-refractivity contribution is 0.0412. The minimum absolute atomic E-state index is 0.168. The van der Waals surface area contributed by atoms with Crippen LogP contribution in [0.15, 0.2) is 35.4 Å². The molecule has 2 aliphatic rings. The van der Waals surface area contributed by atoms with Crippen LogP contribution in [0.2, 0.25) is 0 Å². The van der Waals surface area contributed by atoms with E-state index in [1.165, 1.54) is 4.68 Å². The van der Waals surface area contributed by atoms with E-state index in [0.29, 0.717) is 25.5 Å². The second-order valence-corrected chi connectivity index (χ2v) is 7.43. The number of hydrogen-bond donors (Lipinski definition) is 2. The van der Waals surface area contributed by atoms with Gasteiger partial charge in [0.05, 0.1) is 12.2 Å². The lowest BCUT2D eigenvalue weighted by Crippen LogP contribution is -2.55. The maximum Gasteiger partial charge on any atom is 0.341 e. The van der Waals surface area contributed by atoms with Crippen LogP contribution in [0.25, 0.3) is 0 Å². The molecule has 1 saturated heterocycles. The number of pyridine rings is 2. The molecular weight excluding hydrogens is 392 g/mol. The molecule has 2 aromatic heterocycles. The van der Waals surface area contributed by atoms with E-state index in [-0.39, 0.29) is 24.8 Å². The Labute approximate surface area is 171 Å². The zero-order chi connectivity index (χ0) is 21.3. The summed E-state index contributed by atoms with van der Waals surface area (Å²) in [5.41, 5.74) is -1.22. The van der Waals surface area contributed by atoms with Crippen molar-refractivity contribution in [2.45, 2.75) is 19.4 Å². The molecule has 10 nitrogen and oxygen atoms in total. The first-order chi connectivity index (χ1) is 14.5. The van der Waals surface area contributed by atoms with Crippen LogP contribution in [0.5, 0.6) is 5.75 Å². The molecule has 0 radical (unpaired) electrons. The van der Waals surface area contributed by atoms with Crippen molar-refractivity contribution in [1.29, 1.82) is 0 Å². The first-order valence-electron chi connectivity index (χ1n) is 9.69. The third-order valence-corrected chi connectivity index (χ3v) is 5.41. The number of nitrogens with zero attached hydrogens (tertiary/aromatic N) is 4. The van der Waals surface area contributed by atoms with Crippen molar-refractivity contribution in [2.75, 3.05) is 31.4 Å². The highest BCUT2D eigenvalue weighted by molar-refractivity contribution is 5.97. The summed E-state index contributed by atoms with van der Waals surface area (Å²) in [4.78, 5) is 42.8. The Morgan fingerprint density at radius 3 is 2.67 bits per heavy atom. The molecule has 30 heavy (non-hydrogen) atoms. The summed E-state index contributed by atoms with van der Waals surface area (Å²) >= 11 is 0. The van der Waals surface area contributed by atoms with Crippen molar-refractivity contribution in [3.05, 3.63) is 57.8 Å². The van der Waals surface area contributed by atoms with Crippen LogP contribution >= 0.6 is 0 Å². The molecule has 4 rings (SSSR count). The SMILES string of the molecule is O=C(O)c1cn2c(c(O)c1=O)C(=O)N(CC1CCOCC1)CN2Cc1ccccn1. The maximum absolute atomic E-state index is 13.1. The second kappa shape index (κ2) is 8.15. The average Bonchev–Trinajstić information content (AvgIpc) is 2.74. The molecule has 0 atom stereocenters. The highest BCUT2D eigenvalue weighted by Gasteiger charge is 2.35. The molecule has 0 unspecified atom stereocenters. The fourth-order valence-electron chi connectivity index (χ4n) is 3.83. The molecule has 2 aromatic rings. The molecule has 4 heterocycles. The number of ether oxygens (including phenoxy) is 1. The number of carboxylic acid groups (broad SMARTS) is 1. The summed E-state index contributed by atoms with van der Waals surface area (Å²) in [7, 11) is 0. The van der Waals surface area contributed by atoms with Crippen LogP contribution in [0.3, 0.4) is 0 Å². The number of carboxylic acids is 1. The van der Waals surface area contributed by atoms with Crippen LogP contribution in [0.1, 0.15) is 39.4 Å². The zero-order valence-electron chi connectivity index (χ0n) is 16.2. The van der Waals surface area contributed by atoms with Gasteiger partial charge in [0.15, 0.2) is 11.4 Å². The third kappa shape index (κ3) is 3.73. The van der Waals surface area contributed by atoms with Gasteiger partial charge in [-0.2, -0.15) is 0 Å². The summed E-state index contributed by atoms with van der Waals surface area (Å²) in [6.07, 6.45) is 4.37. The largest absolute Gasteiger partial charge is 0.502 e. The Balaban J connectivity index is 1.75. The molecule has 2 N–H and O–H groups in total. The summed E-state index contributed by atoms with van der Waals surface area (Å²) in [5.74, 6) is -2.59. The normalized spacial score (nSPS) is 17.1. The third-order valence-electron chi connectivity index (χ3n) is 5.41. The molecule has 158 valence electrons. The number of fused-ring (bicyclic) bond motifs is 1. The molecule has 1 amide bonds. The second-order valence-electron chi connectivity index (χ2n) is 7.43. The predicted octanol–water partition coefficient (Wildman–Crippen LogP) is 0.625. The van der Waals surface area contributed by atoms with Gasteiger partial charge in [-0.3, -0.25) is 24.3 Å². The Hall–Kier alpha value is -3.40. The van der Waals surface area contributed by atoms with Crippen molar-refractivity contribution in [2.24, 2.45) is 5.92 Å². The smallest absolute Gasteiger partial charge is 0.341 e. The van der Waals surface area contributed by atoms with Gasteiger partial charge in [0, 0.05) is 32.2 Å². The van der Waals surface area contributed by atoms with Crippen LogP contribution in [0, 0.1) is 5.92 Å². The van der Waals surface area contributed by atoms with Gasteiger partial charge in [0.2, 0.25) is 5.43 Å². The molecule has 0 spiro atoms. The number of carbonyl (C=O) groups is 2. The van der Waals surface area contributed by atoms with E-state index < -0.39 is 28.6 Å². The predicted molar refractivity (Wildman–Crippen MR) is 105 cm³/mol. The Bertz CT molecular complexity index is 1020. The molecule has 0 saturated carbocycles. The summed E-state index contributed by atoms with van der Waals surface area (Å²) < 4.78 is 6.64. The van der Waals surface area contributed by atoms with Gasteiger partial charge in [-0.1, -0.05) is 6.07 Å². The fraction of sp³-hybridized carbons (Fsp3) is 0.400. The number of aromatic carboxylic acids is 1. The number of aromatic hydroxyl groups is 1. The Kier molecular flexibility index (Phi) is 5.40. The Morgan fingerprint density at radius 2 is 2.00 bits per heavy atom. The van der Waals surface area contributed by atoms with Gasteiger partial charge in [-0.15, -0.1) is 0 Å². The highest BCUT2D eigenvalue weighted by atomic mass is 16.5. The van der Waals surface area contributed by atoms with Crippen LogP contribution < -0.4 is 10.4 Å². The van der Waals surface area contributed by atoms with Crippen molar-refractivity contribution in [3.63, 3.8) is 0 Å². The summed E-state index contributed by atoms with van der Waals surface area (Å²) in [5, 5.41) is 21.5. The molecule has 1 fully saturated rings. The van der Waals surface area contributed by atoms with Crippen molar-refractivity contribution in [1.82, 2.24) is 14.6 Å². The quantitative estimate of drug-likeness (QED) is 0.730. The van der Waals surface area contributed by atoms with Crippen LogP contribution in [-0.2, 0) is 11.3 Å². The highest BCUT2D eigenvalue weighted by Crippen LogP contribution is 2.25. The van der Waals surface area contributed by atoms with Gasteiger partial charge in [-0.05, 0) is 30.9 Å². The molecule has 0 aromatic carbocycles. The average molecular weight is 414 g/mol. The number of carbonyl (C=O) groups excluding carboxylic acids is 1. The number of rotatable bonds is 5. The zero-order valence-corrected chi connectivity index (χ0v) is 16.2. The number of hydrogen-bond acceptors (Lipinski definition) is 7. The van der Waals surface area contributed by atoms with E-state index >= 15 is 0 Å². The van der Waals surface area contributed by atoms with Crippen molar-refractivity contribution < 1.29 is 24.5 Å². The molecule has 0 bridgehead atoms. The maximum atomic E-state index is 13.1. The summed E-state index contributed by atoms with van der Waals surface area (Å²) in [6.45, 7) is 2.14. The van der Waals surface area contributed by atoms with Gasteiger partial charge in [0.1, 0.15) is 12.2 Å². The minimum atomic E-state index is -1.47. The number of amides is 1. The van der Waals surface area contributed by atoms with Gasteiger partial charge in [0.25, 0.3) is 5.91 Å². The van der Waals surface area contributed by atoms with Gasteiger partial charge in [-0.25, -0.2) is 4.79 Å². The van der Waals surface area contributed by atoms with Crippen molar-refractivity contribution in [3.8, 4) is 5.75 Å². The van der Waals surface area contributed by atoms with E-state index in [4.69, 9.17) is 4.74 Å². The minimum Gasteiger partial charge on any atom is -0.502 e. The van der Waals surface area contributed by atoms with E-state index in [0.717, 1.165) is 19.0 Å². The molecule has 0 aliphatic carbocycles. The van der Waals surface area contributed by atoms with Crippen LogP contribution in [-0.4, -0.2) is 63.1 Å².